The summed E-state index contributed by atoms with van der Waals surface area (Å²) in [5.41, 5.74) is 2.58. The number of hydrogen-bond acceptors (Lipinski definition) is 4. The second-order valence-corrected chi connectivity index (χ2v) is 8.56. The lowest BCUT2D eigenvalue weighted by Crippen LogP contribution is -2.33. The number of thiazole rings is 1. The van der Waals surface area contributed by atoms with Crippen LogP contribution in [0.2, 0.25) is 0 Å². The largest absolute Gasteiger partial charge is 0.349 e. The number of amides is 2. The van der Waals surface area contributed by atoms with Crippen LogP contribution in [-0.2, 0) is 17.9 Å². The molecule has 1 aromatic heterocycles. The first-order valence-electron chi connectivity index (χ1n) is 9.85. The van der Waals surface area contributed by atoms with Crippen LogP contribution in [0.15, 0.2) is 34.4 Å². The molecule has 0 saturated heterocycles. The molecule has 2 fully saturated rings. The van der Waals surface area contributed by atoms with Crippen molar-refractivity contribution in [2.24, 2.45) is 0 Å². The van der Waals surface area contributed by atoms with Crippen molar-refractivity contribution in [2.45, 2.75) is 64.2 Å². The lowest BCUT2D eigenvalue weighted by molar-refractivity contribution is -0.132. The number of benzene rings is 1. The van der Waals surface area contributed by atoms with Gasteiger partial charge in [-0.3, -0.25) is 14.4 Å². The van der Waals surface area contributed by atoms with E-state index < -0.39 is 0 Å². The Labute approximate surface area is 168 Å². The predicted octanol–water partition coefficient (Wildman–Crippen LogP) is 2.69. The molecule has 0 spiro atoms. The van der Waals surface area contributed by atoms with E-state index in [1.807, 2.05) is 41.5 Å². The van der Waals surface area contributed by atoms with Gasteiger partial charge in [-0.25, -0.2) is 0 Å². The van der Waals surface area contributed by atoms with Crippen molar-refractivity contribution in [3.05, 3.63) is 56.1 Å². The van der Waals surface area contributed by atoms with Crippen molar-refractivity contribution in [1.29, 1.82) is 0 Å². The maximum absolute atomic E-state index is 12.8. The van der Waals surface area contributed by atoms with E-state index in [1.165, 1.54) is 11.3 Å². The molecular formula is C21H25N3O3S. The topological polar surface area (TPSA) is 71.4 Å². The van der Waals surface area contributed by atoms with Gasteiger partial charge in [-0.15, -0.1) is 0 Å². The lowest BCUT2D eigenvalue weighted by atomic mass is 10.1. The van der Waals surface area contributed by atoms with E-state index in [0.717, 1.165) is 36.9 Å². The van der Waals surface area contributed by atoms with Crippen molar-refractivity contribution in [2.75, 3.05) is 0 Å². The molecule has 0 unspecified atom stereocenters. The molecule has 0 bridgehead atoms. The van der Waals surface area contributed by atoms with E-state index in [2.05, 4.69) is 5.32 Å². The molecule has 6 nitrogen and oxygen atoms in total. The zero-order valence-electron chi connectivity index (χ0n) is 16.0. The average molecular weight is 400 g/mol. The SMILES string of the molecule is Cc1csc(=O)n1CCC(=O)N(Cc1ccc(C(=O)NC2CC2)cc1)C1CC1. The first kappa shape index (κ1) is 18.9. The van der Waals surface area contributed by atoms with Gasteiger partial charge in [0.15, 0.2) is 0 Å². The molecule has 7 heteroatoms. The number of aromatic nitrogens is 1. The van der Waals surface area contributed by atoms with E-state index in [9.17, 15) is 14.4 Å². The van der Waals surface area contributed by atoms with Crippen LogP contribution in [0, 0.1) is 6.92 Å². The number of aryl methyl sites for hydroxylation is 1. The van der Waals surface area contributed by atoms with Gasteiger partial charge in [-0.05, 0) is 50.3 Å². The van der Waals surface area contributed by atoms with E-state index in [1.54, 1.807) is 4.57 Å². The maximum Gasteiger partial charge on any atom is 0.307 e. The maximum atomic E-state index is 12.8. The van der Waals surface area contributed by atoms with E-state index >= 15 is 0 Å². The summed E-state index contributed by atoms with van der Waals surface area (Å²) >= 11 is 1.17. The van der Waals surface area contributed by atoms with Crippen LogP contribution in [0.3, 0.4) is 0 Å². The van der Waals surface area contributed by atoms with Crippen LogP contribution in [0.1, 0.15) is 53.7 Å². The summed E-state index contributed by atoms with van der Waals surface area (Å²) < 4.78 is 1.67. The summed E-state index contributed by atoms with van der Waals surface area (Å²) in [7, 11) is 0. The highest BCUT2D eigenvalue weighted by atomic mass is 32.1. The van der Waals surface area contributed by atoms with Crippen LogP contribution in [0.5, 0.6) is 0 Å². The Balaban J connectivity index is 1.37. The monoisotopic (exact) mass is 399 g/mol. The third-order valence-corrected chi connectivity index (χ3v) is 6.20. The molecule has 0 aliphatic heterocycles. The number of carbonyl (C=O) groups is 2. The van der Waals surface area contributed by atoms with Crippen molar-refractivity contribution in [3.63, 3.8) is 0 Å². The van der Waals surface area contributed by atoms with Crippen LogP contribution < -0.4 is 10.2 Å². The smallest absolute Gasteiger partial charge is 0.307 e. The fourth-order valence-corrected chi connectivity index (χ4v) is 4.05. The van der Waals surface area contributed by atoms with Crippen LogP contribution >= 0.6 is 11.3 Å². The van der Waals surface area contributed by atoms with Gasteiger partial charge in [0.2, 0.25) is 5.91 Å². The zero-order chi connectivity index (χ0) is 19.7. The molecular weight excluding hydrogens is 374 g/mol. The van der Waals surface area contributed by atoms with Crippen LogP contribution in [0.4, 0.5) is 0 Å². The minimum absolute atomic E-state index is 0.0108. The summed E-state index contributed by atoms with van der Waals surface area (Å²) in [5.74, 6) is 0.0521. The van der Waals surface area contributed by atoms with Crippen molar-refractivity contribution >= 4 is 23.2 Å². The van der Waals surface area contributed by atoms with Gasteiger partial charge < -0.3 is 14.8 Å². The van der Waals surface area contributed by atoms with Gasteiger partial charge in [0.05, 0.1) is 0 Å². The standard InChI is InChI=1S/C21H25N3O3S/c1-14-13-28-21(27)23(14)11-10-19(25)24(18-8-9-18)12-15-2-4-16(5-3-15)20(26)22-17-6-7-17/h2-5,13,17-18H,6-12H2,1H3,(H,22,26). The lowest BCUT2D eigenvalue weighted by Gasteiger charge is -2.23. The Kier molecular flexibility index (Phi) is 5.35. The highest BCUT2D eigenvalue weighted by molar-refractivity contribution is 7.07. The fourth-order valence-electron chi connectivity index (χ4n) is 3.29. The Morgan fingerprint density at radius 3 is 2.46 bits per heavy atom. The van der Waals surface area contributed by atoms with Gasteiger partial charge in [0, 0.05) is 48.2 Å². The van der Waals surface area contributed by atoms with Crippen LogP contribution in [0.25, 0.3) is 0 Å². The summed E-state index contributed by atoms with van der Waals surface area (Å²) in [6, 6.07) is 8.16. The van der Waals surface area contributed by atoms with Crippen molar-refractivity contribution in [3.8, 4) is 0 Å². The minimum Gasteiger partial charge on any atom is -0.349 e. The van der Waals surface area contributed by atoms with E-state index in [4.69, 9.17) is 0 Å². The quantitative estimate of drug-likeness (QED) is 0.742. The molecule has 148 valence electrons. The molecule has 1 N–H and O–H groups in total. The highest BCUT2D eigenvalue weighted by Crippen LogP contribution is 2.29. The molecule has 2 amide bonds. The zero-order valence-corrected chi connectivity index (χ0v) is 16.8. The number of nitrogens with one attached hydrogen (secondary N) is 1. The number of hydrogen-bond donors (Lipinski definition) is 1. The molecule has 2 aromatic rings. The molecule has 0 atom stereocenters. The van der Waals surface area contributed by atoms with Gasteiger partial charge >= 0.3 is 4.87 Å². The van der Waals surface area contributed by atoms with Gasteiger partial charge in [-0.2, -0.15) is 0 Å². The van der Waals surface area contributed by atoms with E-state index in [0.29, 0.717) is 37.2 Å². The van der Waals surface area contributed by atoms with E-state index in [-0.39, 0.29) is 16.7 Å². The first-order chi connectivity index (χ1) is 13.5. The molecule has 2 aliphatic rings. The number of nitrogens with zero attached hydrogens (tertiary/aromatic N) is 2. The number of carbonyl (C=O) groups excluding carboxylic acids is 2. The summed E-state index contributed by atoms with van der Waals surface area (Å²) in [4.78, 5) is 38.7. The fraction of sp³-hybridized carbons (Fsp3) is 0.476. The average Bonchev–Trinajstić information content (AvgIpc) is 3.60. The number of rotatable bonds is 8. The Morgan fingerprint density at radius 2 is 1.89 bits per heavy atom. The normalized spacial score (nSPS) is 16.0. The van der Waals surface area contributed by atoms with Crippen molar-refractivity contribution < 1.29 is 9.59 Å². The molecule has 0 radical (unpaired) electrons. The molecule has 2 saturated carbocycles. The molecule has 2 aliphatic carbocycles. The van der Waals surface area contributed by atoms with Crippen LogP contribution in [-0.4, -0.2) is 33.4 Å². The second-order valence-electron chi connectivity index (χ2n) is 7.74. The van der Waals surface area contributed by atoms with Crippen molar-refractivity contribution in [1.82, 2.24) is 14.8 Å². The van der Waals surface area contributed by atoms with Gasteiger partial charge in [-0.1, -0.05) is 23.5 Å². The predicted molar refractivity (Wildman–Crippen MR) is 108 cm³/mol. The highest BCUT2D eigenvalue weighted by Gasteiger charge is 2.32. The molecule has 4 rings (SSSR count). The molecule has 1 aromatic carbocycles. The van der Waals surface area contributed by atoms with Gasteiger partial charge in [0.25, 0.3) is 5.91 Å². The van der Waals surface area contributed by atoms with Gasteiger partial charge in [0.1, 0.15) is 0 Å². The summed E-state index contributed by atoms with van der Waals surface area (Å²) in [6.07, 6.45) is 4.53. The Morgan fingerprint density at radius 1 is 1.18 bits per heavy atom. The third-order valence-electron chi connectivity index (χ3n) is 5.32. The first-order valence-corrected chi connectivity index (χ1v) is 10.7. The molecule has 1 heterocycles. The second kappa shape index (κ2) is 7.91. The summed E-state index contributed by atoms with van der Waals surface area (Å²) in [6.45, 7) is 2.87. The third kappa shape index (κ3) is 4.52. The molecule has 28 heavy (non-hydrogen) atoms. The Hall–Kier alpha value is -2.41. The Bertz CT molecular complexity index is 923. The minimum atomic E-state index is -0.0271. The summed E-state index contributed by atoms with van der Waals surface area (Å²) in [5, 5.41) is 4.81.